The summed E-state index contributed by atoms with van der Waals surface area (Å²) in [5.41, 5.74) is 0. The van der Waals surface area contributed by atoms with Gasteiger partial charge in [0, 0.05) is 12.8 Å². The topological polar surface area (TPSA) is 210 Å². The minimum Gasteiger partial charge on any atom is -0.462 e. The zero-order chi connectivity index (χ0) is 44.3. The number of hydrogen-bond acceptors (Lipinski definition) is 12. The normalized spacial score (nSPS) is 22.2. The molecule has 0 radical (unpaired) electrons. The molecule has 0 aromatic carbocycles. The summed E-state index contributed by atoms with van der Waals surface area (Å²) in [5.74, 6) is -1.10. The number of rotatable bonds is 40. The summed E-state index contributed by atoms with van der Waals surface area (Å²) in [4.78, 5) is 35.7. The van der Waals surface area contributed by atoms with Crippen molar-refractivity contribution in [1.82, 2.24) is 0 Å². The summed E-state index contributed by atoms with van der Waals surface area (Å²) in [6.45, 7) is 3.30. The van der Waals surface area contributed by atoms with Crippen LogP contribution in [0.25, 0.3) is 0 Å². The number of phosphoric acid groups is 1. The minimum atomic E-state index is -5.11. The first kappa shape index (κ1) is 56.6. The molecule has 354 valence electrons. The van der Waals surface area contributed by atoms with Gasteiger partial charge in [-0.2, -0.15) is 0 Å². The van der Waals surface area contributed by atoms with Gasteiger partial charge in [-0.25, -0.2) is 4.57 Å². The van der Waals surface area contributed by atoms with E-state index in [1.165, 1.54) is 116 Å². The van der Waals surface area contributed by atoms with E-state index >= 15 is 0 Å². The first-order valence-corrected chi connectivity index (χ1v) is 25.5. The monoisotopic (exact) mass is 879 g/mol. The van der Waals surface area contributed by atoms with E-state index in [1.54, 1.807) is 0 Å². The highest BCUT2D eigenvalue weighted by atomic mass is 31.2. The molecule has 1 fully saturated rings. The van der Waals surface area contributed by atoms with Gasteiger partial charge in [-0.05, 0) is 38.5 Å². The Morgan fingerprint density at radius 2 is 0.850 bits per heavy atom. The number of ether oxygens (including phenoxy) is 2. The predicted molar refractivity (Wildman–Crippen MR) is 235 cm³/mol. The second-order valence-corrected chi connectivity index (χ2v) is 18.4. The first-order valence-electron chi connectivity index (χ1n) is 24.0. The fourth-order valence-corrected chi connectivity index (χ4v) is 8.43. The van der Waals surface area contributed by atoms with Gasteiger partial charge in [0.05, 0.1) is 6.61 Å². The average molecular weight is 879 g/mol. The SMILES string of the molecule is CCCCCC/C=C/CCCCCCCC(=O)OC[C@H](COP(=O)(O)OC1C(O)C(O)C(O)[C@H](O)C1O)OC(=O)CCCCCCCCCCCCCCCCCCCC. The maximum Gasteiger partial charge on any atom is 0.472 e. The molecule has 0 aliphatic heterocycles. The van der Waals surface area contributed by atoms with Gasteiger partial charge in [0.2, 0.25) is 0 Å². The lowest BCUT2D eigenvalue weighted by Gasteiger charge is -2.41. The van der Waals surface area contributed by atoms with E-state index in [-0.39, 0.29) is 12.8 Å². The quantitative estimate of drug-likeness (QED) is 0.0147. The van der Waals surface area contributed by atoms with Gasteiger partial charge in [-0.1, -0.05) is 174 Å². The van der Waals surface area contributed by atoms with E-state index in [2.05, 4.69) is 26.0 Å². The number of carbonyl (C=O) groups is 2. The Bertz CT molecular complexity index is 1110. The van der Waals surface area contributed by atoms with Crippen molar-refractivity contribution in [2.75, 3.05) is 13.2 Å². The molecular weight excluding hydrogens is 791 g/mol. The second kappa shape index (κ2) is 37.0. The van der Waals surface area contributed by atoms with Gasteiger partial charge >= 0.3 is 19.8 Å². The number of phosphoric ester groups is 1. The fourth-order valence-electron chi connectivity index (χ4n) is 7.46. The highest BCUT2D eigenvalue weighted by Gasteiger charge is 2.51. The van der Waals surface area contributed by atoms with Gasteiger partial charge in [0.15, 0.2) is 6.10 Å². The van der Waals surface area contributed by atoms with Crippen LogP contribution < -0.4 is 0 Å². The molecule has 6 unspecified atom stereocenters. The molecule has 0 saturated heterocycles. The number of allylic oxidation sites excluding steroid dienone is 2. The molecule has 60 heavy (non-hydrogen) atoms. The van der Waals surface area contributed by atoms with Crippen LogP contribution >= 0.6 is 7.82 Å². The standard InChI is InChI=1S/C46H87O13P/c1-3-5-7-9-11-13-15-17-18-19-20-21-23-25-27-29-31-33-35-40(48)58-38(37-57-60(54,55)59-46-44(52)42(50)41(49)43(51)45(46)53)36-56-39(47)34-32-30-28-26-24-22-16-14-12-10-8-6-4-2/h14,16,38,41-46,49-53H,3-13,15,17-37H2,1-2H3,(H,54,55)/b16-14+/t38-,41?,42+,43?,44?,45?,46?/m1/s1. The molecule has 0 aromatic rings. The molecular formula is C46H87O13P. The zero-order valence-corrected chi connectivity index (χ0v) is 38.4. The molecule has 0 spiro atoms. The van der Waals surface area contributed by atoms with Crippen molar-refractivity contribution >= 4 is 19.8 Å². The molecule has 13 nitrogen and oxygen atoms in total. The molecule has 1 aliphatic carbocycles. The van der Waals surface area contributed by atoms with E-state index in [9.17, 15) is 44.6 Å². The smallest absolute Gasteiger partial charge is 0.462 e. The number of carbonyl (C=O) groups excluding carboxylic acids is 2. The van der Waals surface area contributed by atoms with Crippen molar-refractivity contribution in [2.45, 2.75) is 256 Å². The van der Waals surface area contributed by atoms with Crippen LogP contribution in [0.2, 0.25) is 0 Å². The van der Waals surface area contributed by atoms with Crippen LogP contribution in [0, 0.1) is 0 Å². The van der Waals surface area contributed by atoms with Crippen LogP contribution in [0.3, 0.4) is 0 Å². The zero-order valence-electron chi connectivity index (χ0n) is 37.5. The molecule has 0 heterocycles. The van der Waals surface area contributed by atoms with Crippen molar-refractivity contribution in [2.24, 2.45) is 0 Å². The summed E-state index contributed by atoms with van der Waals surface area (Å²) in [6, 6.07) is 0. The third-order valence-electron chi connectivity index (χ3n) is 11.4. The maximum atomic E-state index is 12.8. The molecule has 8 atom stereocenters. The van der Waals surface area contributed by atoms with Crippen molar-refractivity contribution in [3.8, 4) is 0 Å². The third kappa shape index (κ3) is 29.0. The summed E-state index contributed by atoms with van der Waals surface area (Å²) in [6.07, 6.45) is 25.5. The van der Waals surface area contributed by atoms with Crippen LogP contribution in [-0.2, 0) is 32.7 Å². The van der Waals surface area contributed by atoms with Gasteiger partial charge < -0.3 is 39.9 Å². The van der Waals surface area contributed by atoms with Gasteiger partial charge in [0.1, 0.15) is 43.2 Å². The summed E-state index contributed by atoms with van der Waals surface area (Å²) in [5, 5.41) is 50.1. The molecule has 1 saturated carbocycles. The minimum absolute atomic E-state index is 0.101. The largest absolute Gasteiger partial charge is 0.472 e. The first-order chi connectivity index (χ1) is 28.9. The Labute approximate surface area is 363 Å². The average Bonchev–Trinajstić information content (AvgIpc) is 3.23. The van der Waals surface area contributed by atoms with Gasteiger partial charge in [-0.3, -0.25) is 18.6 Å². The summed E-state index contributed by atoms with van der Waals surface area (Å²) >= 11 is 0. The van der Waals surface area contributed by atoms with Crippen LogP contribution in [0.1, 0.15) is 213 Å². The van der Waals surface area contributed by atoms with Crippen LogP contribution in [-0.4, -0.2) is 98.3 Å². The lowest BCUT2D eigenvalue weighted by atomic mass is 9.85. The van der Waals surface area contributed by atoms with Crippen molar-refractivity contribution in [3.63, 3.8) is 0 Å². The van der Waals surface area contributed by atoms with Crippen LogP contribution in [0.15, 0.2) is 12.2 Å². The van der Waals surface area contributed by atoms with E-state index in [1.807, 2.05) is 0 Å². The van der Waals surface area contributed by atoms with Crippen molar-refractivity contribution < 1.29 is 63.1 Å². The van der Waals surface area contributed by atoms with Gasteiger partial charge in [-0.15, -0.1) is 0 Å². The van der Waals surface area contributed by atoms with Crippen molar-refractivity contribution in [1.29, 1.82) is 0 Å². The summed E-state index contributed by atoms with van der Waals surface area (Å²) in [7, 11) is -5.11. The predicted octanol–water partition coefficient (Wildman–Crippen LogP) is 9.45. The Hall–Kier alpha value is -1.41. The van der Waals surface area contributed by atoms with Crippen LogP contribution in [0.5, 0.6) is 0 Å². The molecule has 14 heteroatoms. The highest BCUT2D eigenvalue weighted by Crippen LogP contribution is 2.47. The molecule has 6 N–H and O–H groups in total. The maximum absolute atomic E-state index is 12.8. The van der Waals surface area contributed by atoms with Gasteiger partial charge in [0.25, 0.3) is 0 Å². The number of unbranched alkanes of at least 4 members (excludes halogenated alkanes) is 26. The Kier molecular flexibility index (Phi) is 34.9. The van der Waals surface area contributed by atoms with E-state index in [0.717, 1.165) is 57.8 Å². The number of esters is 2. The Morgan fingerprint density at radius 3 is 1.28 bits per heavy atom. The Balaban J connectivity index is 2.42. The molecule has 0 bridgehead atoms. The number of aliphatic hydroxyl groups excluding tert-OH is 5. The third-order valence-corrected chi connectivity index (χ3v) is 12.3. The highest BCUT2D eigenvalue weighted by molar-refractivity contribution is 7.47. The van der Waals surface area contributed by atoms with Crippen LogP contribution in [0.4, 0.5) is 0 Å². The van der Waals surface area contributed by atoms with Crippen molar-refractivity contribution in [3.05, 3.63) is 12.2 Å². The molecule has 0 aromatic heterocycles. The lowest BCUT2D eigenvalue weighted by Crippen LogP contribution is -2.64. The number of aliphatic hydroxyl groups is 5. The number of hydrogen-bond donors (Lipinski definition) is 6. The lowest BCUT2D eigenvalue weighted by molar-refractivity contribution is -0.220. The van der Waals surface area contributed by atoms with E-state index in [4.69, 9.17) is 18.5 Å². The molecule has 0 amide bonds. The van der Waals surface area contributed by atoms with E-state index < -0.39 is 75.7 Å². The summed E-state index contributed by atoms with van der Waals surface area (Å²) < 4.78 is 33.5. The Morgan fingerprint density at radius 1 is 0.500 bits per heavy atom. The van der Waals surface area contributed by atoms with E-state index in [0.29, 0.717) is 12.8 Å². The fraction of sp³-hybridized carbons (Fsp3) is 0.913. The molecule has 1 rings (SSSR count). The second-order valence-electron chi connectivity index (χ2n) is 17.0. The molecule has 1 aliphatic rings.